The minimum absolute atomic E-state index is 0.0839. The molecule has 0 rings (SSSR count). The molecule has 0 fully saturated rings. The molecule has 5 atom stereocenters. The molecule has 0 bridgehead atoms. The van der Waals surface area contributed by atoms with Crippen LogP contribution in [0.25, 0.3) is 0 Å². The quantitative estimate of drug-likeness (QED) is 0.0169. The number of phosphoric acid groups is 2. The topological polar surface area (TPSA) is 237 Å². The normalized spacial score (nSPS) is 14.3. The molecule has 3 unspecified atom stereocenters. The van der Waals surface area contributed by atoms with E-state index in [9.17, 15) is 43.2 Å². The second-order valence-corrected chi connectivity index (χ2v) is 30.7. The van der Waals surface area contributed by atoms with E-state index in [4.69, 9.17) is 37.0 Å². The Labute approximate surface area is 573 Å². The van der Waals surface area contributed by atoms with Gasteiger partial charge in [0, 0.05) is 25.7 Å². The molecule has 19 heteroatoms. The van der Waals surface area contributed by atoms with Gasteiger partial charge in [0.1, 0.15) is 19.3 Å². The predicted octanol–water partition coefficient (Wildman–Crippen LogP) is 21.3. The third-order valence-electron chi connectivity index (χ3n) is 16.8. The van der Waals surface area contributed by atoms with Crippen molar-refractivity contribution in [2.45, 2.75) is 375 Å². The van der Waals surface area contributed by atoms with Crippen molar-refractivity contribution >= 4 is 39.5 Å². The Morgan fingerprint density at radius 2 is 0.574 bits per heavy atom. The van der Waals surface area contributed by atoms with Crippen molar-refractivity contribution in [1.29, 1.82) is 0 Å². The zero-order valence-corrected chi connectivity index (χ0v) is 62.7. The molecule has 0 saturated carbocycles. The van der Waals surface area contributed by atoms with Crippen molar-refractivity contribution in [2.24, 2.45) is 17.8 Å². The summed E-state index contributed by atoms with van der Waals surface area (Å²) in [6, 6.07) is 0. The molecule has 0 aromatic rings. The van der Waals surface area contributed by atoms with Crippen LogP contribution in [0.3, 0.4) is 0 Å². The maximum Gasteiger partial charge on any atom is 0.472 e. The van der Waals surface area contributed by atoms with Crippen LogP contribution in [0.4, 0.5) is 0 Å². The molecule has 554 valence electrons. The number of phosphoric ester groups is 2. The van der Waals surface area contributed by atoms with Gasteiger partial charge in [-0.2, -0.15) is 0 Å². The highest BCUT2D eigenvalue weighted by Gasteiger charge is 2.30. The lowest BCUT2D eigenvalue weighted by atomic mass is 10.0. The summed E-state index contributed by atoms with van der Waals surface area (Å²) in [5.41, 5.74) is 0. The van der Waals surface area contributed by atoms with Gasteiger partial charge in [-0.1, -0.05) is 304 Å². The van der Waals surface area contributed by atoms with Crippen molar-refractivity contribution in [3.05, 3.63) is 24.3 Å². The van der Waals surface area contributed by atoms with E-state index in [0.29, 0.717) is 31.6 Å². The molecular weight excluding hydrogens is 1230 g/mol. The highest BCUT2D eigenvalue weighted by atomic mass is 31.2. The molecule has 0 spiro atoms. The Morgan fingerprint density at radius 3 is 0.862 bits per heavy atom. The van der Waals surface area contributed by atoms with E-state index >= 15 is 0 Å². The molecule has 0 aliphatic heterocycles. The summed E-state index contributed by atoms with van der Waals surface area (Å²) in [5, 5.41) is 10.6. The van der Waals surface area contributed by atoms with Crippen molar-refractivity contribution in [2.75, 3.05) is 39.6 Å². The molecule has 3 N–H and O–H groups in total. The largest absolute Gasteiger partial charge is 0.472 e. The zero-order valence-electron chi connectivity index (χ0n) is 60.9. The standard InChI is InChI=1S/C75H142O17P2/c1-8-9-10-11-12-13-14-15-17-21-24-27-36-44-51-58-75(80)92-71(63-86-73(78)57-50-43-38-31-34-41-48-55-68(6)7)65-90-94(83,84)88-61-69(76)60-87-93(81,82)89-64-70(62-85-72(77)56-49-42-35-30-29-33-40-47-54-67(4)5)91-74(79)59-52-45-37-28-25-22-19-16-18-20-23-26-32-39-46-53-66(2)3/h13-15,17,66-71,76H,8-12,16,18-65H2,1-7H3,(H,81,82)(H,83,84)/b14-13-,17-15-/t69?,70-,71-/m1/s1. The SMILES string of the molecule is CCCCCC/C=C\C=C/CCCCCCCC(=O)O[C@H](COC(=O)CCCCCCCCCC(C)C)COP(=O)(O)OCC(O)COP(=O)(O)OC[C@@H](COC(=O)CCCCCCCCCCC(C)C)OC(=O)CCCCCCCCCCCCCCCCCC(C)C. The number of allylic oxidation sites excluding steroid dienone is 4. The summed E-state index contributed by atoms with van der Waals surface area (Å²) in [6.45, 7) is 11.8. The number of hydrogen-bond acceptors (Lipinski definition) is 15. The highest BCUT2D eigenvalue weighted by molar-refractivity contribution is 7.47. The lowest BCUT2D eigenvalue weighted by molar-refractivity contribution is -0.161. The van der Waals surface area contributed by atoms with E-state index in [-0.39, 0.29) is 25.7 Å². The van der Waals surface area contributed by atoms with Crippen LogP contribution >= 0.6 is 15.6 Å². The number of rotatable bonds is 71. The van der Waals surface area contributed by atoms with Crippen molar-refractivity contribution < 1.29 is 80.2 Å². The third kappa shape index (κ3) is 68.1. The van der Waals surface area contributed by atoms with Gasteiger partial charge in [0.05, 0.1) is 26.4 Å². The van der Waals surface area contributed by atoms with Crippen LogP contribution in [0, 0.1) is 17.8 Å². The summed E-state index contributed by atoms with van der Waals surface area (Å²) in [7, 11) is -9.92. The monoisotopic (exact) mass is 1380 g/mol. The van der Waals surface area contributed by atoms with Gasteiger partial charge in [-0.3, -0.25) is 37.3 Å². The molecule has 0 aromatic carbocycles. The number of esters is 4. The van der Waals surface area contributed by atoms with E-state index in [2.05, 4.69) is 72.8 Å². The van der Waals surface area contributed by atoms with Crippen LogP contribution in [0.2, 0.25) is 0 Å². The smallest absolute Gasteiger partial charge is 0.462 e. The number of aliphatic hydroxyl groups is 1. The van der Waals surface area contributed by atoms with Crippen molar-refractivity contribution in [1.82, 2.24) is 0 Å². The van der Waals surface area contributed by atoms with Crippen LogP contribution in [-0.2, 0) is 65.4 Å². The summed E-state index contributed by atoms with van der Waals surface area (Å²) in [5.74, 6) is 0.0759. The van der Waals surface area contributed by atoms with Crippen LogP contribution in [-0.4, -0.2) is 96.7 Å². The Balaban J connectivity index is 5.26. The van der Waals surface area contributed by atoms with E-state index in [1.54, 1.807) is 0 Å². The first-order valence-corrected chi connectivity index (χ1v) is 41.2. The predicted molar refractivity (Wildman–Crippen MR) is 381 cm³/mol. The second kappa shape index (κ2) is 65.2. The highest BCUT2D eigenvalue weighted by Crippen LogP contribution is 2.45. The molecule has 0 saturated heterocycles. The zero-order chi connectivity index (χ0) is 69.4. The van der Waals surface area contributed by atoms with E-state index in [1.807, 2.05) is 0 Å². The summed E-state index contributed by atoms with van der Waals surface area (Å²) < 4.78 is 68.4. The minimum atomic E-state index is -4.96. The maximum absolute atomic E-state index is 13.1. The van der Waals surface area contributed by atoms with Gasteiger partial charge in [-0.05, 0) is 69.1 Å². The molecule has 94 heavy (non-hydrogen) atoms. The van der Waals surface area contributed by atoms with Gasteiger partial charge in [0.15, 0.2) is 12.2 Å². The van der Waals surface area contributed by atoms with Crippen LogP contribution in [0.5, 0.6) is 0 Å². The lowest BCUT2D eigenvalue weighted by Gasteiger charge is -2.21. The van der Waals surface area contributed by atoms with E-state index in [0.717, 1.165) is 121 Å². The molecule has 0 aromatic heterocycles. The summed E-state index contributed by atoms with van der Waals surface area (Å²) in [6.07, 6.45) is 53.7. The van der Waals surface area contributed by atoms with Crippen LogP contribution in [0.1, 0.15) is 357 Å². The average Bonchev–Trinajstić information content (AvgIpc) is 1.41. The number of aliphatic hydroxyl groups excluding tert-OH is 1. The molecular formula is C75H142O17P2. The summed E-state index contributed by atoms with van der Waals surface area (Å²) >= 11 is 0. The lowest BCUT2D eigenvalue weighted by Crippen LogP contribution is -2.30. The molecule has 0 aliphatic rings. The van der Waals surface area contributed by atoms with Gasteiger partial charge in [0.2, 0.25) is 0 Å². The fraction of sp³-hybridized carbons (Fsp3) is 0.893. The summed E-state index contributed by atoms with van der Waals surface area (Å²) in [4.78, 5) is 72.7. The number of carbonyl (C=O) groups is 4. The molecule has 0 heterocycles. The Bertz CT molecular complexity index is 1930. The fourth-order valence-corrected chi connectivity index (χ4v) is 12.5. The second-order valence-electron chi connectivity index (χ2n) is 27.8. The first-order chi connectivity index (χ1) is 45.2. The van der Waals surface area contributed by atoms with E-state index < -0.39 is 97.5 Å². The van der Waals surface area contributed by atoms with Gasteiger partial charge in [-0.25, -0.2) is 9.13 Å². The van der Waals surface area contributed by atoms with Gasteiger partial charge in [-0.15, -0.1) is 0 Å². The van der Waals surface area contributed by atoms with Crippen LogP contribution < -0.4 is 0 Å². The number of carbonyl (C=O) groups excluding carboxylic acids is 4. The molecule has 0 radical (unpaired) electrons. The molecule has 17 nitrogen and oxygen atoms in total. The van der Waals surface area contributed by atoms with Gasteiger partial charge < -0.3 is 33.8 Å². The van der Waals surface area contributed by atoms with E-state index in [1.165, 1.54) is 148 Å². The number of hydrogen-bond donors (Lipinski definition) is 3. The first-order valence-electron chi connectivity index (χ1n) is 38.2. The molecule has 0 aliphatic carbocycles. The Hall–Kier alpha value is -2.46. The Kier molecular flexibility index (Phi) is 63.5. The third-order valence-corrected chi connectivity index (χ3v) is 18.7. The van der Waals surface area contributed by atoms with Crippen molar-refractivity contribution in [3.8, 4) is 0 Å². The number of ether oxygens (including phenoxy) is 4. The van der Waals surface area contributed by atoms with Gasteiger partial charge in [0.25, 0.3) is 0 Å². The number of unbranched alkanes of at least 4 members (excludes halogenated alkanes) is 36. The van der Waals surface area contributed by atoms with Gasteiger partial charge >= 0.3 is 39.5 Å². The fourth-order valence-electron chi connectivity index (χ4n) is 10.9. The minimum Gasteiger partial charge on any atom is -0.462 e. The first kappa shape index (κ1) is 91.5. The van der Waals surface area contributed by atoms with Crippen LogP contribution in [0.15, 0.2) is 24.3 Å². The Morgan fingerprint density at radius 1 is 0.330 bits per heavy atom. The maximum atomic E-state index is 13.1. The molecule has 0 amide bonds. The average molecular weight is 1380 g/mol. The van der Waals surface area contributed by atoms with Crippen molar-refractivity contribution in [3.63, 3.8) is 0 Å².